The van der Waals surface area contributed by atoms with Gasteiger partial charge in [-0.25, -0.2) is 4.79 Å². The van der Waals surface area contributed by atoms with Gasteiger partial charge in [0.25, 0.3) is 11.7 Å². The van der Waals surface area contributed by atoms with Crippen LogP contribution < -0.4 is 24.0 Å². The molecule has 0 aromatic heterocycles. The van der Waals surface area contributed by atoms with Gasteiger partial charge in [-0.15, -0.1) is 0 Å². The Morgan fingerprint density at radius 2 is 2.09 bits per heavy atom. The molecule has 0 aromatic carbocycles. The quantitative estimate of drug-likeness (QED) is 0.317. The van der Waals surface area contributed by atoms with E-state index in [0.717, 1.165) is 0 Å². The minimum absolute atomic E-state index is 0. The van der Waals surface area contributed by atoms with Crippen LogP contribution in [0.5, 0.6) is 0 Å². The number of carbonyl (C=O) groups excluding carboxylic acids is 2. The van der Waals surface area contributed by atoms with Crippen LogP contribution in [0, 0.1) is 5.92 Å². The Morgan fingerprint density at radius 1 is 1.45 bits per heavy atom. The molecule has 2 aliphatic heterocycles. The van der Waals surface area contributed by atoms with Crippen LogP contribution in [0.25, 0.3) is 0 Å². The number of cyclic esters (lactones) is 1. The minimum atomic E-state index is -1.37. The first-order valence-corrected chi connectivity index (χ1v) is 6.40. The third-order valence-electron chi connectivity index (χ3n) is 3.38. The number of carbonyl (C=O) groups is 2. The molecular weight excluding hydrogens is 306 g/mol. The maximum Gasteiger partial charge on any atom is 1.00 e. The Kier molecular flexibility index (Phi) is 7.94. The van der Waals surface area contributed by atoms with Gasteiger partial charge in [-0.3, -0.25) is 0 Å². The van der Waals surface area contributed by atoms with Crippen molar-refractivity contribution in [3.8, 4) is 0 Å². The van der Waals surface area contributed by atoms with Gasteiger partial charge in [-0.2, -0.15) is 0 Å². The van der Waals surface area contributed by atoms with Crippen molar-refractivity contribution in [2.75, 3.05) is 7.11 Å². The van der Waals surface area contributed by atoms with E-state index in [1.54, 1.807) is 0 Å². The Hall–Kier alpha value is -0.733. The molecule has 7 nitrogen and oxygen atoms in total. The average molecular weight is 325 g/mol. The number of esters is 1. The van der Waals surface area contributed by atoms with Crippen LogP contribution >= 0.6 is 9.90 Å². The van der Waals surface area contributed by atoms with Gasteiger partial charge in [0.05, 0.1) is 0 Å². The second-order valence-electron chi connectivity index (χ2n) is 5.12. The van der Waals surface area contributed by atoms with Crippen LogP contribution in [0.1, 0.15) is 33.1 Å². The second kappa shape index (κ2) is 8.21. The third-order valence-corrected chi connectivity index (χ3v) is 3.38. The summed E-state index contributed by atoms with van der Waals surface area (Å²) in [6, 6.07) is 0. The van der Waals surface area contributed by atoms with Crippen LogP contribution in [0.15, 0.2) is 11.5 Å². The molecule has 22 heavy (non-hydrogen) atoms. The molecule has 0 aliphatic carbocycles. The van der Waals surface area contributed by atoms with E-state index in [0.29, 0.717) is 12.0 Å². The van der Waals surface area contributed by atoms with E-state index in [1.807, 2.05) is 6.92 Å². The van der Waals surface area contributed by atoms with E-state index in [2.05, 4.69) is 0 Å². The molecule has 0 radical (unpaired) electrons. The summed E-state index contributed by atoms with van der Waals surface area (Å²) < 4.78 is 21.3. The van der Waals surface area contributed by atoms with Gasteiger partial charge in [0.2, 0.25) is 6.29 Å². The van der Waals surface area contributed by atoms with Gasteiger partial charge in [0.1, 0.15) is 5.57 Å². The van der Waals surface area contributed by atoms with Gasteiger partial charge in [-0.05, 0) is 6.42 Å². The molecular formula is C13H19LiO7P-. The van der Waals surface area contributed by atoms with Gasteiger partial charge < -0.3 is 38.7 Å². The Morgan fingerprint density at radius 3 is 2.64 bits per heavy atom. The molecule has 9 heteroatoms. The Balaban J connectivity index is 0.00000220. The summed E-state index contributed by atoms with van der Waals surface area (Å²) in [6.45, 7) is 3.33. The maximum atomic E-state index is 12.1. The van der Waals surface area contributed by atoms with Gasteiger partial charge >= 0.3 is 24.8 Å². The smallest absolute Gasteiger partial charge is 0.577 e. The van der Waals surface area contributed by atoms with Gasteiger partial charge in [0, 0.05) is 38.8 Å². The summed E-state index contributed by atoms with van der Waals surface area (Å²) in [5.41, 5.74) is 0.323. The normalized spacial score (nSPS) is 29.9. The van der Waals surface area contributed by atoms with E-state index in [9.17, 15) is 14.7 Å². The first-order chi connectivity index (χ1) is 9.34. The zero-order valence-corrected chi connectivity index (χ0v) is 14.4. The summed E-state index contributed by atoms with van der Waals surface area (Å²) in [5, 5.41) is 10.5. The molecule has 0 aromatic rings. The number of carboxylic acid groups (broad SMARTS) is 1. The Bertz CT molecular complexity index is 467. The van der Waals surface area contributed by atoms with Crippen LogP contribution in [0.3, 0.4) is 0 Å². The minimum Gasteiger partial charge on any atom is -0.577 e. The fourth-order valence-electron chi connectivity index (χ4n) is 2.25. The molecule has 0 fully saturated rings. The van der Waals surface area contributed by atoms with E-state index >= 15 is 0 Å². The fourth-order valence-corrected chi connectivity index (χ4v) is 2.25. The van der Waals surface area contributed by atoms with Crippen LogP contribution in [0.4, 0.5) is 0 Å². The zero-order chi connectivity index (χ0) is 14.9. The van der Waals surface area contributed by atoms with Crippen LogP contribution in [-0.4, -0.2) is 31.1 Å². The van der Waals surface area contributed by atoms with Crippen molar-refractivity contribution >= 4 is 21.8 Å². The molecule has 3 unspecified atom stereocenters. The topological polar surface area (TPSA) is 94.1 Å². The van der Waals surface area contributed by atoms with Crippen molar-refractivity contribution < 1.29 is 52.5 Å². The van der Waals surface area contributed by atoms with E-state index in [4.69, 9.17) is 18.9 Å². The molecule has 0 saturated carbocycles. The third kappa shape index (κ3) is 4.63. The summed E-state index contributed by atoms with van der Waals surface area (Å²) in [5.74, 6) is -3.21. The molecule has 2 rings (SSSR count). The predicted molar refractivity (Wildman–Crippen MR) is 72.2 cm³/mol. The zero-order valence-electron chi connectivity index (χ0n) is 13.2. The molecule has 2 heterocycles. The maximum absolute atomic E-state index is 12.1. The van der Waals surface area contributed by atoms with E-state index in [1.165, 1.54) is 14.0 Å². The first kappa shape index (κ1) is 21.3. The molecule has 120 valence electrons. The standard InChI is InChI=1S/C13H18O7.Li.H2P/c1-7-6-9(17-3)18-12-10(7)11(16)19-13(2,20-12)5-4-8(14)15;;/h7,9H,4-6H2,1-3H3,(H,14,15);;1H2/q;+1;-1/p-1. The summed E-state index contributed by atoms with van der Waals surface area (Å²) in [7, 11) is 1.50. The van der Waals surface area contributed by atoms with E-state index in [-0.39, 0.29) is 53.5 Å². The monoisotopic (exact) mass is 325 g/mol. The number of methoxy groups -OCH3 is 1. The fraction of sp³-hybridized carbons (Fsp3) is 0.692. The van der Waals surface area contributed by atoms with Crippen molar-refractivity contribution in [2.45, 2.75) is 45.2 Å². The number of rotatable bonds is 4. The predicted octanol–water partition coefficient (Wildman–Crippen LogP) is -2.62. The van der Waals surface area contributed by atoms with Gasteiger partial charge in [0.15, 0.2) is 0 Å². The van der Waals surface area contributed by atoms with Crippen molar-refractivity contribution in [1.82, 2.24) is 0 Å². The first-order valence-electron chi connectivity index (χ1n) is 6.40. The number of aliphatic carboxylic acids is 1. The molecule has 3 atom stereocenters. The number of ether oxygens (including phenoxy) is 4. The van der Waals surface area contributed by atoms with Crippen molar-refractivity contribution in [3.63, 3.8) is 0 Å². The molecule has 0 N–H and O–H groups in total. The number of carboxylic acids is 1. The molecule has 0 bridgehead atoms. The molecule has 0 spiro atoms. The summed E-state index contributed by atoms with van der Waals surface area (Å²) >= 11 is 0. The summed E-state index contributed by atoms with van der Waals surface area (Å²) in [4.78, 5) is 22.6. The largest absolute Gasteiger partial charge is 1.00 e. The summed E-state index contributed by atoms with van der Waals surface area (Å²) in [6.07, 6.45) is -0.285. The molecule has 0 amide bonds. The number of hydrogen-bond donors (Lipinski definition) is 0. The van der Waals surface area contributed by atoms with E-state index < -0.39 is 24.0 Å². The Labute approximate surface area is 144 Å². The number of hydrogen-bond acceptors (Lipinski definition) is 7. The second-order valence-corrected chi connectivity index (χ2v) is 5.12. The molecule has 0 saturated heterocycles. The molecule has 2 aliphatic rings. The van der Waals surface area contributed by atoms with Crippen molar-refractivity contribution in [1.29, 1.82) is 0 Å². The van der Waals surface area contributed by atoms with Gasteiger partial charge in [-0.1, -0.05) is 6.92 Å². The van der Waals surface area contributed by atoms with Crippen molar-refractivity contribution in [3.05, 3.63) is 11.5 Å². The van der Waals surface area contributed by atoms with Crippen LogP contribution in [0.2, 0.25) is 0 Å². The average Bonchev–Trinajstić information content (AvgIpc) is 2.35. The van der Waals surface area contributed by atoms with Crippen LogP contribution in [-0.2, 0) is 28.5 Å². The SMILES string of the molecule is COC1CC(C)C2=C(O1)OC(C)(CCC(=O)[O-])OC2=O.[Li+].[PH2-]. The van der Waals surface area contributed by atoms with Crippen molar-refractivity contribution in [2.24, 2.45) is 5.92 Å².